The monoisotopic (exact) mass is 317 g/mol. The third kappa shape index (κ3) is 5.83. The summed E-state index contributed by atoms with van der Waals surface area (Å²) in [6.07, 6.45) is 1.12. The van der Waals surface area contributed by atoms with Gasteiger partial charge in [-0.3, -0.25) is 0 Å². The second kappa shape index (κ2) is 7.10. The Morgan fingerprint density at radius 1 is 1.33 bits per heavy atom. The second-order valence-corrected chi connectivity index (χ2v) is 6.15. The number of benzene rings is 1. The van der Waals surface area contributed by atoms with Gasteiger partial charge in [0.2, 0.25) is 0 Å². The average molecular weight is 318 g/mol. The van der Waals surface area contributed by atoms with Crippen molar-refractivity contribution in [2.24, 2.45) is 5.41 Å². The minimum Gasteiger partial charge on any atom is -0.493 e. The van der Waals surface area contributed by atoms with Crippen molar-refractivity contribution >= 4 is 15.9 Å². The largest absolute Gasteiger partial charge is 0.493 e. The molecule has 0 unspecified atom stereocenters. The van der Waals surface area contributed by atoms with E-state index in [4.69, 9.17) is 4.74 Å². The lowest BCUT2D eigenvalue weighted by Crippen LogP contribution is -2.34. The van der Waals surface area contributed by atoms with Gasteiger partial charge in [-0.2, -0.15) is 0 Å². The molecule has 0 radical (unpaired) electrons. The topological polar surface area (TPSA) is 21.3 Å². The van der Waals surface area contributed by atoms with Gasteiger partial charge in [-0.25, -0.2) is 4.39 Å². The average Bonchev–Trinajstić information content (AvgIpc) is 2.25. The molecule has 0 aliphatic carbocycles. The van der Waals surface area contributed by atoms with Gasteiger partial charge in [0.15, 0.2) is 0 Å². The molecule has 1 N–H and O–H groups in total. The number of ether oxygens (including phenoxy) is 1. The molecule has 0 aliphatic heterocycles. The van der Waals surface area contributed by atoms with E-state index in [0.29, 0.717) is 16.8 Å². The van der Waals surface area contributed by atoms with Gasteiger partial charge in [0.1, 0.15) is 11.6 Å². The highest BCUT2D eigenvalue weighted by Gasteiger charge is 2.18. The standard InChI is InChI=1S/C14H21BrFNO/c1-4-5-17-9-14(2,3)10-18-13-7-11(15)6-12(16)8-13/h6-8,17H,4-5,9-10H2,1-3H3. The van der Waals surface area contributed by atoms with Gasteiger partial charge in [0.05, 0.1) is 6.61 Å². The van der Waals surface area contributed by atoms with Crippen LogP contribution in [0.4, 0.5) is 4.39 Å². The molecule has 4 heteroatoms. The van der Waals surface area contributed by atoms with E-state index < -0.39 is 0 Å². The highest BCUT2D eigenvalue weighted by atomic mass is 79.9. The molecule has 1 aromatic rings. The van der Waals surface area contributed by atoms with Crippen LogP contribution in [0.25, 0.3) is 0 Å². The van der Waals surface area contributed by atoms with Crippen LogP contribution in [0.1, 0.15) is 27.2 Å². The van der Waals surface area contributed by atoms with E-state index in [0.717, 1.165) is 19.5 Å². The molecule has 0 bridgehead atoms. The van der Waals surface area contributed by atoms with E-state index in [1.54, 1.807) is 6.07 Å². The van der Waals surface area contributed by atoms with Crippen LogP contribution in [-0.2, 0) is 0 Å². The Bertz CT molecular complexity index is 362. The van der Waals surface area contributed by atoms with Gasteiger partial charge >= 0.3 is 0 Å². The van der Waals surface area contributed by atoms with E-state index in [1.165, 1.54) is 12.1 Å². The molecule has 102 valence electrons. The van der Waals surface area contributed by atoms with Gasteiger partial charge in [0, 0.05) is 22.5 Å². The van der Waals surface area contributed by atoms with Crippen LogP contribution in [-0.4, -0.2) is 19.7 Å². The smallest absolute Gasteiger partial charge is 0.128 e. The number of hydrogen-bond acceptors (Lipinski definition) is 2. The molecule has 1 aromatic carbocycles. The van der Waals surface area contributed by atoms with Crippen LogP contribution in [0.2, 0.25) is 0 Å². The van der Waals surface area contributed by atoms with Crippen molar-refractivity contribution in [3.63, 3.8) is 0 Å². The van der Waals surface area contributed by atoms with Gasteiger partial charge in [-0.15, -0.1) is 0 Å². The van der Waals surface area contributed by atoms with Crippen molar-refractivity contribution in [3.8, 4) is 5.75 Å². The van der Waals surface area contributed by atoms with Crippen LogP contribution in [0.15, 0.2) is 22.7 Å². The summed E-state index contributed by atoms with van der Waals surface area (Å²) in [4.78, 5) is 0. The molecular formula is C14H21BrFNO. The van der Waals surface area contributed by atoms with E-state index >= 15 is 0 Å². The molecule has 0 aliphatic rings. The molecule has 0 spiro atoms. The van der Waals surface area contributed by atoms with Crippen molar-refractivity contribution in [3.05, 3.63) is 28.5 Å². The first-order valence-corrected chi connectivity index (χ1v) is 7.02. The Kier molecular flexibility index (Phi) is 6.09. The lowest BCUT2D eigenvalue weighted by Gasteiger charge is -2.25. The molecule has 0 atom stereocenters. The van der Waals surface area contributed by atoms with Gasteiger partial charge < -0.3 is 10.1 Å². The van der Waals surface area contributed by atoms with Crippen LogP contribution >= 0.6 is 15.9 Å². The Labute approximate surface area is 117 Å². The lowest BCUT2D eigenvalue weighted by atomic mass is 9.95. The third-order valence-electron chi connectivity index (χ3n) is 2.50. The van der Waals surface area contributed by atoms with Gasteiger partial charge in [-0.1, -0.05) is 36.7 Å². The number of nitrogens with one attached hydrogen (secondary N) is 1. The summed E-state index contributed by atoms with van der Waals surface area (Å²) in [6, 6.07) is 4.60. The second-order valence-electron chi connectivity index (χ2n) is 5.23. The number of rotatable bonds is 7. The first kappa shape index (κ1) is 15.4. The summed E-state index contributed by atoms with van der Waals surface area (Å²) >= 11 is 3.25. The first-order valence-electron chi connectivity index (χ1n) is 6.22. The molecule has 0 saturated heterocycles. The Morgan fingerprint density at radius 2 is 2.06 bits per heavy atom. The van der Waals surface area contributed by atoms with Crippen molar-refractivity contribution in [1.29, 1.82) is 0 Å². The van der Waals surface area contributed by atoms with E-state index in [9.17, 15) is 4.39 Å². The van der Waals surface area contributed by atoms with Crippen molar-refractivity contribution in [2.45, 2.75) is 27.2 Å². The van der Waals surface area contributed by atoms with Crippen LogP contribution in [0, 0.1) is 11.2 Å². The fourth-order valence-corrected chi connectivity index (χ4v) is 1.99. The van der Waals surface area contributed by atoms with E-state index in [1.807, 2.05) is 0 Å². The van der Waals surface area contributed by atoms with Crippen molar-refractivity contribution < 1.29 is 9.13 Å². The molecule has 0 amide bonds. The zero-order chi connectivity index (χ0) is 13.6. The van der Waals surface area contributed by atoms with Gasteiger partial charge in [-0.05, 0) is 25.1 Å². The Hall–Kier alpha value is -0.610. The zero-order valence-corrected chi connectivity index (χ0v) is 12.8. The SMILES string of the molecule is CCCNCC(C)(C)COc1cc(F)cc(Br)c1. The van der Waals surface area contributed by atoms with Crippen molar-refractivity contribution in [1.82, 2.24) is 5.32 Å². The molecule has 0 heterocycles. The van der Waals surface area contributed by atoms with Gasteiger partial charge in [0.25, 0.3) is 0 Å². The summed E-state index contributed by atoms with van der Waals surface area (Å²) in [5, 5.41) is 3.37. The minimum absolute atomic E-state index is 0.0218. The lowest BCUT2D eigenvalue weighted by molar-refractivity contribution is 0.176. The van der Waals surface area contributed by atoms with Crippen LogP contribution in [0.3, 0.4) is 0 Å². The molecule has 0 aromatic heterocycles. The molecule has 1 rings (SSSR count). The third-order valence-corrected chi connectivity index (χ3v) is 2.95. The summed E-state index contributed by atoms with van der Waals surface area (Å²) < 4.78 is 19.5. The number of halogens is 2. The molecular weight excluding hydrogens is 297 g/mol. The fraction of sp³-hybridized carbons (Fsp3) is 0.571. The fourth-order valence-electron chi connectivity index (χ4n) is 1.55. The molecule has 18 heavy (non-hydrogen) atoms. The summed E-state index contributed by atoms with van der Waals surface area (Å²) in [6.45, 7) is 8.85. The Balaban J connectivity index is 2.47. The maximum Gasteiger partial charge on any atom is 0.128 e. The summed E-state index contributed by atoms with van der Waals surface area (Å²) in [7, 11) is 0. The molecule has 0 fully saturated rings. The molecule has 2 nitrogen and oxygen atoms in total. The highest BCUT2D eigenvalue weighted by molar-refractivity contribution is 9.10. The quantitative estimate of drug-likeness (QED) is 0.768. The van der Waals surface area contributed by atoms with E-state index in [-0.39, 0.29) is 11.2 Å². The molecule has 0 saturated carbocycles. The minimum atomic E-state index is -0.290. The highest BCUT2D eigenvalue weighted by Crippen LogP contribution is 2.23. The normalized spacial score (nSPS) is 11.6. The first-order chi connectivity index (χ1) is 8.43. The van der Waals surface area contributed by atoms with E-state index in [2.05, 4.69) is 42.0 Å². The predicted octanol–water partition coefficient (Wildman–Crippen LogP) is 3.99. The Morgan fingerprint density at radius 3 is 2.67 bits per heavy atom. The summed E-state index contributed by atoms with van der Waals surface area (Å²) in [5.74, 6) is 0.270. The predicted molar refractivity (Wildman–Crippen MR) is 76.5 cm³/mol. The summed E-state index contributed by atoms with van der Waals surface area (Å²) in [5.41, 5.74) is 0.0218. The number of hydrogen-bond donors (Lipinski definition) is 1. The van der Waals surface area contributed by atoms with Crippen LogP contribution < -0.4 is 10.1 Å². The zero-order valence-electron chi connectivity index (χ0n) is 11.2. The maximum atomic E-state index is 13.2. The maximum absolute atomic E-state index is 13.2. The van der Waals surface area contributed by atoms with Crippen LogP contribution in [0.5, 0.6) is 5.75 Å². The van der Waals surface area contributed by atoms with Crippen molar-refractivity contribution in [2.75, 3.05) is 19.7 Å².